The Morgan fingerprint density at radius 1 is 1.37 bits per heavy atom. The van der Waals surface area contributed by atoms with Crippen molar-refractivity contribution in [2.45, 2.75) is 19.9 Å². The van der Waals surface area contributed by atoms with E-state index in [9.17, 15) is 14.7 Å². The zero-order valence-corrected chi connectivity index (χ0v) is 17.7. The highest BCUT2D eigenvalue weighted by Gasteiger charge is 2.25. The number of fused-ring (bicyclic) bond motifs is 1. The van der Waals surface area contributed by atoms with Gasteiger partial charge in [0.25, 0.3) is 0 Å². The summed E-state index contributed by atoms with van der Waals surface area (Å²) >= 11 is 1.31. The van der Waals surface area contributed by atoms with Crippen LogP contribution in [0.3, 0.4) is 0 Å². The molecule has 1 fully saturated rings. The van der Waals surface area contributed by atoms with Crippen LogP contribution in [0, 0.1) is 0 Å². The number of methoxy groups -OCH3 is 1. The Balaban J connectivity index is 1.97. The second-order valence-corrected chi connectivity index (χ2v) is 7.93. The van der Waals surface area contributed by atoms with Crippen LogP contribution < -0.4 is 20.4 Å². The molecule has 30 heavy (non-hydrogen) atoms. The van der Waals surface area contributed by atoms with Gasteiger partial charge < -0.3 is 24.6 Å². The maximum absolute atomic E-state index is 13.5. The molecule has 0 atom stereocenters. The van der Waals surface area contributed by atoms with Gasteiger partial charge in [0.1, 0.15) is 27.6 Å². The standard InChI is InChI=1S/C20H23N5O4S/c1-3-13-17(24-8-6-21-7-9-24)18(28)16-20(25(13)11-15(26)27)30-19(23-16)12-4-5-22-14(10-12)29-2/h4-5,10,21H,3,6-9,11H2,1-2H3,(H,26,27). The smallest absolute Gasteiger partial charge is 0.323 e. The first-order chi connectivity index (χ1) is 14.5. The normalized spacial score (nSPS) is 14.3. The van der Waals surface area contributed by atoms with Crippen LogP contribution in [0.5, 0.6) is 5.88 Å². The van der Waals surface area contributed by atoms with Gasteiger partial charge in [-0.1, -0.05) is 18.3 Å². The number of nitrogens with one attached hydrogen (secondary N) is 1. The average Bonchev–Trinajstić information content (AvgIpc) is 3.22. The molecule has 0 bridgehead atoms. The number of carboxylic acids is 1. The number of hydrogen-bond acceptors (Lipinski definition) is 8. The highest BCUT2D eigenvalue weighted by Crippen LogP contribution is 2.33. The summed E-state index contributed by atoms with van der Waals surface area (Å²) in [7, 11) is 1.54. The number of rotatable bonds is 6. The average molecular weight is 430 g/mol. The number of ether oxygens (including phenoxy) is 1. The second kappa shape index (κ2) is 8.41. The minimum atomic E-state index is -0.957. The van der Waals surface area contributed by atoms with Crippen molar-refractivity contribution in [3.8, 4) is 16.5 Å². The molecule has 4 heterocycles. The Kier molecular flexibility index (Phi) is 5.69. The third kappa shape index (κ3) is 3.63. The van der Waals surface area contributed by atoms with Gasteiger partial charge in [-0.15, -0.1) is 0 Å². The zero-order valence-electron chi connectivity index (χ0n) is 16.8. The molecular formula is C20H23N5O4S. The fourth-order valence-electron chi connectivity index (χ4n) is 3.79. The molecule has 2 N–H and O–H groups in total. The molecule has 9 nitrogen and oxygen atoms in total. The van der Waals surface area contributed by atoms with E-state index < -0.39 is 5.97 Å². The van der Waals surface area contributed by atoms with E-state index >= 15 is 0 Å². The van der Waals surface area contributed by atoms with E-state index in [0.717, 1.165) is 24.3 Å². The number of anilines is 1. The Labute approximate surface area is 176 Å². The number of nitrogens with zero attached hydrogens (tertiary/aromatic N) is 4. The molecule has 3 aromatic rings. The molecule has 158 valence electrons. The first-order valence-corrected chi connectivity index (χ1v) is 10.6. The number of aliphatic carboxylic acids is 1. The number of hydrogen-bond donors (Lipinski definition) is 2. The maximum Gasteiger partial charge on any atom is 0.323 e. The summed E-state index contributed by atoms with van der Waals surface area (Å²) in [6.07, 6.45) is 2.17. The Bertz CT molecular complexity index is 1150. The molecule has 0 unspecified atom stereocenters. The molecule has 10 heteroatoms. The SMILES string of the molecule is CCc1c(N2CCNCC2)c(=O)c2nc(-c3ccnc(OC)c3)sc2n1CC(=O)O. The lowest BCUT2D eigenvalue weighted by Gasteiger charge is -2.31. The quantitative estimate of drug-likeness (QED) is 0.608. The lowest BCUT2D eigenvalue weighted by molar-refractivity contribution is -0.137. The number of aromatic nitrogens is 3. The van der Waals surface area contributed by atoms with Gasteiger partial charge >= 0.3 is 5.97 Å². The molecule has 0 spiro atoms. The molecule has 1 aliphatic rings. The number of carboxylic acid groups (broad SMARTS) is 1. The molecule has 0 amide bonds. The summed E-state index contributed by atoms with van der Waals surface area (Å²) in [5.41, 5.74) is 2.23. The monoisotopic (exact) mass is 429 g/mol. The molecule has 0 aromatic carbocycles. The van der Waals surface area contributed by atoms with Crippen molar-refractivity contribution in [1.29, 1.82) is 0 Å². The van der Waals surface area contributed by atoms with E-state index in [1.165, 1.54) is 18.4 Å². The van der Waals surface area contributed by atoms with Crippen molar-refractivity contribution in [3.05, 3.63) is 34.2 Å². The molecule has 1 aliphatic heterocycles. The van der Waals surface area contributed by atoms with Gasteiger partial charge in [-0.25, -0.2) is 9.97 Å². The summed E-state index contributed by atoms with van der Waals surface area (Å²) in [5, 5.41) is 13.5. The minimum Gasteiger partial charge on any atom is -0.481 e. The van der Waals surface area contributed by atoms with Gasteiger partial charge in [-0.3, -0.25) is 9.59 Å². The molecule has 0 aliphatic carbocycles. The Morgan fingerprint density at radius 2 is 2.13 bits per heavy atom. The van der Waals surface area contributed by atoms with Crippen LogP contribution in [0.1, 0.15) is 12.6 Å². The lowest BCUT2D eigenvalue weighted by atomic mass is 10.1. The molecule has 0 saturated carbocycles. The van der Waals surface area contributed by atoms with Gasteiger partial charge in [0.05, 0.1) is 7.11 Å². The topological polar surface area (TPSA) is 110 Å². The highest BCUT2D eigenvalue weighted by atomic mass is 32.1. The van der Waals surface area contributed by atoms with Crippen LogP contribution in [0.2, 0.25) is 0 Å². The van der Waals surface area contributed by atoms with E-state index in [1.54, 1.807) is 22.9 Å². The molecule has 0 radical (unpaired) electrons. The van der Waals surface area contributed by atoms with E-state index in [1.807, 2.05) is 11.8 Å². The van der Waals surface area contributed by atoms with Crippen LogP contribution in [0.4, 0.5) is 5.69 Å². The van der Waals surface area contributed by atoms with E-state index in [4.69, 9.17) is 4.74 Å². The van der Waals surface area contributed by atoms with Crippen molar-refractivity contribution in [2.75, 3.05) is 38.2 Å². The van der Waals surface area contributed by atoms with Crippen molar-refractivity contribution >= 4 is 33.3 Å². The van der Waals surface area contributed by atoms with Crippen molar-refractivity contribution < 1.29 is 14.6 Å². The molecular weight excluding hydrogens is 406 g/mol. The number of piperazine rings is 1. The van der Waals surface area contributed by atoms with Gasteiger partial charge in [-0.2, -0.15) is 0 Å². The lowest BCUT2D eigenvalue weighted by Crippen LogP contribution is -2.46. The highest BCUT2D eigenvalue weighted by molar-refractivity contribution is 7.21. The van der Waals surface area contributed by atoms with Gasteiger partial charge in [0.15, 0.2) is 0 Å². The zero-order chi connectivity index (χ0) is 21.3. The number of thiazole rings is 1. The van der Waals surface area contributed by atoms with Crippen molar-refractivity contribution in [1.82, 2.24) is 19.9 Å². The minimum absolute atomic E-state index is 0.145. The largest absolute Gasteiger partial charge is 0.481 e. The van der Waals surface area contributed by atoms with Crippen molar-refractivity contribution in [2.24, 2.45) is 0 Å². The van der Waals surface area contributed by atoms with Crippen LogP contribution in [0.15, 0.2) is 23.1 Å². The summed E-state index contributed by atoms with van der Waals surface area (Å²) in [4.78, 5) is 36.5. The van der Waals surface area contributed by atoms with Crippen molar-refractivity contribution in [3.63, 3.8) is 0 Å². The second-order valence-electron chi connectivity index (χ2n) is 6.95. The van der Waals surface area contributed by atoms with Gasteiger partial charge in [0.2, 0.25) is 11.3 Å². The van der Waals surface area contributed by atoms with Crippen LogP contribution in [-0.2, 0) is 17.8 Å². The summed E-state index contributed by atoms with van der Waals surface area (Å²) in [6.45, 7) is 4.66. The third-order valence-corrected chi connectivity index (χ3v) is 6.26. The predicted octanol–water partition coefficient (Wildman–Crippen LogP) is 1.59. The Hall–Kier alpha value is -2.98. The number of carbonyl (C=O) groups is 1. The van der Waals surface area contributed by atoms with Gasteiger partial charge in [-0.05, 0) is 12.5 Å². The van der Waals surface area contributed by atoms with E-state index in [-0.39, 0.29) is 12.0 Å². The first kappa shape index (κ1) is 20.3. The summed E-state index contributed by atoms with van der Waals surface area (Å²) in [6, 6.07) is 3.55. The van der Waals surface area contributed by atoms with Crippen LogP contribution in [-0.4, -0.2) is 58.9 Å². The van der Waals surface area contributed by atoms with E-state index in [0.29, 0.717) is 46.4 Å². The fraction of sp³-hybridized carbons (Fsp3) is 0.400. The fourth-order valence-corrected chi connectivity index (χ4v) is 4.87. The molecule has 4 rings (SSSR count). The Morgan fingerprint density at radius 3 is 2.80 bits per heavy atom. The maximum atomic E-state index is 13.5. The molecule has 3 aromatic heterocycles. The molecule has 1 saturated heterocycles. The third-order valence-electron chi connectivity index (χ3n) is 5.14. The first-order valence-electron chi connectivity index (χ1n) is 9.77. The summed E-state index contributed by atoms with van der Waals surface area (Å²) < 4.78 is 6.93. The number of pyridine rings is 2. The van der Waals surface area contributed by atoms with Gasteiger partial charge in [0, 0.05) is 49.7 Å². The predicted molar refractivity (Wildman–Crippen MR) is 116 cm³/mol. The van der Waals surface area contributed by atoms with Crippen LogP contribution >= 0.6 is 11.3 Å². The van der Waals surface area contributed by atoms with E-state index in [2.05, 4.69) is 15.3 Å². The summed E-state index contributed by atoms with van der Waals surface area (Å²) in [5.74, 6) is -0.510. The van der Waals surface area contributed by atoms with Crippen LogP contribution in [0.25, 0.3) is 20.9 Å².